The molecule has 0 amide bonds. The molecule has 0 saturated heterocycles. The second-order valence-corrected chi connectivity index (χ2v) is 6.30. The number of ether oxygens (including phenoxy) is 1. The summed E-state index contributed by atoms with van der Waals surface area (Å²) < 4.78 is 5.83. The lowest BCUT2D eigenvalue weighted by Gasteiger charge is -2.06. The second kappa shape index (κ2) is 9.07. The monoisotopic (exact) mass is 334 g/mol. The van der Waals surface area contributed by atoms with Gasteiger partial charge < -0.3 is 9.72 Å². The third-order valence-electron chi connectivity index (χ3n) is 4.30. The molecule has 3 heteroatoms. The van der Waals surface area contributed by atoms with E-state index in [4.69, 9.17) is 4.74 Å². The highest BCUT2D eigenvalue weighted by Gasteiger charge is 2.05. The molecule has 0 spiro atoms. The van der Waals surface area contributed by atoms with Crippen molar-refractivity contribution in [2.75, 3.05) is 6.61 Å². The lowest BCUT2D eigenvalue weighted by Crippen LogP contribution is -1.97. The molecule has 0 aliphatic rings. The minimum absolute atomic E-state index is 0.797. The predicted octanol–water partition coefficient (Wildman–Crippen LogP) is 6.09. The van der Waals surface area contributed by atoms with Crippen LogP contribution in [0.15, 0.2) is 60.8 Å². The second-order valence-electron chi connectivity index (χ2n) is 6.30. The molecule has 0 aliphatic carbocycles. The van der Waals surface area contributed by atoms with Crippen LogP contribution in [0.4, 0.5) is 0 Å². The van der Waals surface area contributed by atoms with E-state index in [-0.39, 0.29) is 0 Å². The van der Waals surface area contributed by atoms with E-state index in [9.17, 15) is 0 Å². The number of rotatable bonds is 9. The van der Waals surface area contributed by atoms with Gasteiger partial charge in [-0.05, 0) is 36.2 Å². The molecule has 0 bridgehead atoms. The van der Waals surface area contributed by atoms with Crippen molar-refractivity contribution in [2.24, 2.45) is 0 Å². The number of nitrogens with one attached hydrogen (secondary N) is 1. The van der Waals surface area contributed by atoms with Gasteiger partial charge in [-0.25, -0.2) is 4.98 Å². The molecular formula is C22H26N2O. The molecule has 130 valence electrons. The molecule has 0 atom stereocenters. The summed E-state index contributed by atoms with van der Waals surface area (Å²) in [6.45, 7) is 3.03. The zero-order valence-electron chi connectivity index (χ0n) is 14.9. The Balaban J connectivity index is 1.55. The lowest BCUT2D eigenvalue weighted by molar-refractivity contribution is 0.304. The third-order valence-corrected chi connectivity index (χ3v) is 4.30. The summed E-state index contributed by atoms with van der Waals surface area (Å²) in [4.78, 5) is 7.87. The standard InChI is InChI=1S/C22H26N2O/c1-2-3-4-5-9-16-25-20-14-12-18(13-15-20)21-17-23-22(24-21)19-10-7-6-8-11-19/h6-8,10-15,17H,2-5,9,16H2,1H3,(H,23,24). The van der Waals surface area contributed by atoms with Crippen LogP contribution >= 0.6 is 0 Å². The first-order chi connectivity index (χ1) is 12.4. The lowest BCUT2D eigenvalue weighted by atomic mass is 10.1. The average Bonchev–Trinajstić information content (AvgIpc) is 3.16. The van der Waals surface area contributed by atoms with Crippen LogP contribution in [0, 0.1) is 0 Å². The van der Waals surface area contributed by atoms with Gasteiger partial charge in [0.25, 0.3) is 0 Å². The summed E-state index contributed by atoms with van der Waals surface area (Å²) in [5.74, 6) is 1.82. The zero-order valence-corrected chi connectivity index (χ0v) is 14.9. The van der Waals surface area contributed by atoms with Crippen LogP contribution < -0.4 is 4.74 Å². The van der Waals surface area contributed by atoms with Crippen LogP contribution in [0.2, 0.25) is 0 Å². The van der Waals surface area contributed by atoms with Gasteiger partial charge >= 0.3 is 0 Å². The van der Waals surface area contributed by atoms with Crippen molar-refractivity contribution in [3.05, 3.63) is 60.8 Å². The summed E-state index contributed by atoms with van der Waals surface area (Å²) >= 11 is 0. The molecule has 25 heavy (non-hydrogen) atoms. The Morgan fingerprint density at radius 1 is 0.840 bits per heavy atom. The Morgan fingerprint density at radius 3 is 2.36 bits per heavy atom. The molecule has 3 rings (SSSR count). The molecule has 0 saturated carbocycles. The van der Waals surface area contributed by atoms with Gasteiger partial charge in [-0.2, -0.15) is 0 Å². The molecule has 1 aromatic heterocycles. The molecule has 0 radical (unpaired) electrons. The maximum Gasteiger partial charge on any atom is 0.137 e. The van der Waals surface area contributed by atoms with Crippen LogP contribution in [0.3, 0.4) is 0 Å². The Morgan fingerprint density at radius 2 is 1.60 bits per heavy atom. The fourth-order valence-electron chi connectivity index (χ4n) is 2.84. The first-order valence-electron chi connectivity index (χ1n) is 9.20. The van der Waals surface area contributed by atoms with Gasteiger partial charge in [-0.3, -0.25) is 0 Å². The van der Waals surface area contributed by atoms with Crippen molar-refractivity contribution in [2.45, 2.75) is 39.0 Å². The summed E-state index contributed by atoms with van der Waals surface area (Å²) in [7, 11) is 0. The SMILES string of the molecule is CCCCCCCOc1ccc(-c2cnc(-c3ccccc3)[nH]2)cc1. The summed E-state index contributed by atoms with van der Waals surface area (Å²) in [5.41, 5.74) is 3.23. The molecule has 3 aromatic rings. The zero-order chi connectivity index (χ0) is 17.3. The van der Waals surface area contributed by atoms with Crippen LogP contribution in [0.1, 0.15) is 39.0 Å². The summed E-state index contributed by atoms with van der Waals surface area (Å²) in [5, 5.41) is 0. The van der Waals surface area contributed by atoms with Gasteiger partial charge in [0.2, 0.25) is 0 Å². The maximum atomic E-state index is 5.83. The Kier molecular flexibility index (Phi) is 6.27. The van der Waals surface area contributed by atoms with Crippen molar-refractivity contribution in [1.82, 2.24) is 9.97 Å². The molecule has 2 aromatic carbocycles. The highest BCUT2D eigenvalue weighted by molar-refractivity contribution is 5.64. The number of hydrogen-bond donors (Lipinski definition) is 1. The number of aromatic amines is 1. The van der Waals surface area contributed by atoms with Gasteiger partial charge in [-0.1, -0.05) is 62.9 Å². The number of aromatic nitrogens is 2. The third kappa shape index (κ3) is 4.96. The normalized spacial score (nSPS) is 10.8. The minimum atomic E-state index is 0.797. The quantitative estimate of drug-likeness (QED) is 0.481. The van der Waals surface area contributed by atoms with Crippen molar-refractivity contribution in [3.63, 3.8) is 0 Å². The Bertz CT molecular complexity index is 747. The largest absolute Gasteiger partial charge is 0.494 e. The molecule has 0 fully saturated rings. The van der Waals surface area contributed by atoms with Gasteiger partial charge in [0.1, 0.15) is 11.6 Å². The number of imidazole rings is 1. The van der Waals surface area contributed by atoms with Crippen LogP contribution in [-0.2, 0) is 0 Å². The summed E-state index contributed by atoms with van der Waals surface area (Å²) in [6, 6.07) is 18.4. The van der Waals surface area contributed by atoms with E-state index in [0.29, 0.717) is 0 Å². The molecule has 0 unspecified atom stereocenters. The van der Waals surface area contributed by atoms with E-state index >= 15 is 0 Å². The number of benzene rings is 2. The van der Waals surface area contributed by atoms with Crippen LogP contribution in [-0.4, -0.2) is 16.6 Å². The highest BCUT2D eigenvalue weighted by Crippen LogP contribution is 2.24. The average molecular weight is 334 g/mol. The number of H-pyrrole nitrogens is 1. The van der Waals surface area contributed by atoms with E-state index in [2.05, 4.69) is 41.2 Å². The van der Waals surface area contributed by atoms with E-state index in [1.165, 1.54) is 25.7 Å². The highest BCUT2D eigenvalue weighted by atomic mass is 16.5. The number of nitrogens with zero attached hydrogens (tertiary/aromatic N) is 1. The van der Waals surface area contributed by atoms with Crippen molar-refractivity contribution < 1.29 is 4.74 Å². The molecule has 3 nitrogen and oxygen atoms in total. The summed E-state index contributed by atoms with van der Waals surface area (Å²) in [6.07, 6.45) is 8.17. The van der Waals surface area contributed by atoms with Gasteiger partial charge in [0.05, 0.1) is 18.5 Å². The molecule has 1 N–H and O–H groups in total. The van der Waals surface area contributed by atoms with Crippen molar-refractivity contribution in [1.29, 1.82) is 0 Å². The topological polar surface area (TPSA) is 37.9 Å². The fourth-order valence-corrected chi connectivity index (χ4v) is 2.84. The Hall–Kier alpha value is -2.55. The van der Waals surface area contributed by atoms with Gasteiger partial charge in [0, 0.05) is 5.56 Å². The predicted molar refractivity (Wildman–Crippen MR) is 104 cm³/mol. The molecule has 0 aliphatic heterocycles. The van der Waals surface area contributed by atoms with Gasteiger partial charge in [0.15, 0.2) is 0 Å². The first kappa shape index (κ1) is 17.3. The van der Waals surface area contributed by atoms with Crippen LogP contribution in [0.25, 0.3) is 22.6 Å². The minimum Gasteiger partial charge on any atom is -0.494 e. The smallest absolute Gasteiger partial charge is 0.137 e. The number of hydrogen-bond acceptors (Lipinski definition) is 2. The van der Waals surface area contributed by atoms with E-state index in [1.54, 1.807) is 0 Å². The first-order valence-corrected chi connectivity index (χ1v) is 9.20. The van der Waals surface area contributed by atoms with Gasteiger partial charge in [-0.15, -0.1) is 0 Å². The fraction of sp³-hybridized carbons (Fsp3) is 0.318. The van der Waals surface area contributed by atoms with E-state index in [0.717, 1.165) is 41.4 Å². The molecule has 1 heterocycles. The maximum absolute atomic E-state index is 5.83. The Labute approximate surface area is 150 Å². The van der Waals surface area contributed by atoms with E-state index < -0.39 is 0 Å². The number of unbranched alkanes of at least 4 members (excludes halogenated alkanes) is 4. The van der Waals surface area contributed by atoms with Crippen LogP contribution in [0.5, 0.6) is 5.75 Å². The molecular weight excluding hydrogens is 308 g/mol. The van der Waals surface area contributed by atoms with Crippen molar-refractivity contribution in [3.8, 4) is 28.4 Å². The van der Waals surface area contributed by atoms with E-state index in [1.807, 2.05) is 36.5 Å². The van der Waals surface area contributed by atoms with Crippen molar-refractivity contribution >= 4 is 0 Å².